The number of rotatable bonds is 6. The van der Waals surface area contributed by atoms with E-state index >= 15 is 0 Å². The highest BCUT2D eigenvalue weighted by molar-refractivity contribution is 7.13. The summed E-state index contributed by atoms with van der Waals surface area (Å²) in [4.78, 5) is 13.8. The monoisotopic (exact) mass is 400 g/mol. The van der Waals surface area contributed by atoms with Crippen LogP contribution < -0.4 is 5.32 Å². The van der Waals surface area contributed by atoms with Crippen molar-refractivity contribution in [1.82, 2.24) is 9.88 Å². The van der Waals surface area contributed by atoms with Crippen molar-refractivity contribution < 1.29 is 4.79 Å². The summed E-state index contributed by atoms with van der Waals surface area (Å²) < 4.78 is 2.02. The maximum atomic E-state index is 13.0. The van der Waals surface area contributed by atoms with Crippen LogP contribution in [0.15, 0.2) is 78.4 Å². The van der Waals surface area contributed by atoms with Crippen LogP contribution in [0.2, 0.25) is 0 Å². The SMILES string of the molecule is CCc1ccc(CNC(=O)c2scc(-c3ccc(C)cc3)c2-n2cccc2)cc1. The molecule has 2 aromatic carbocycles. The molecule has 0 saturated carbocycles. The number of nitrogens with zero attached hydrogens (tertiary/aromatic N) is 1. The Labute approximate surface area is 175 Å². The summed E-state index contributed by atoms with van der Waals surface area (Å²) in [7, 11) is 0. The number of nitrogens with one attached hydrogen (secondary N) is 1. The predicted octanol–water partition coefficient (Wildman–Crippen LogP) is 6.01. The molecule has 2 aromatic heterocycles. The van der Waals surface area contributed by atoms with E-state index in [1.165, 1.54) is 22.5 Å². The number of hydrogen-bond acceptors (Lipinski definition) is 2. The maximum Gasteiger partial charge on any atom is 0.263 e. The Hall–Kier alpha value is -3.11. The first-order valence-electron chi connectivity index (χ1n) is 9.83. The number of aromatic nitrogens is 1. The molecule has 0 radical (unpaired) electrons. The summed E-state index contributed by atoms with van der Waals surface area (Å²) in [6.07, 6.45) is 4.99. The largest absolute Gasteiger partial charge is 0.347 e. The fourth-order valence-corrected chi connectivity index (χ4v) is 4.34. The topological polar surface area (TPSA) is 34.0 Å². The van der Waals surface area contributed by atoms with Crippen molar-refractivity contribution in [3.05, 3.63) is 100 Å². The number of amides is 1. The number of carbonyl (C=O) groups excluding carboxylic acids is 1. The smallest absolute Gasteiger partial charge is 0.263 e. The highest BCUT2D eigenvalue weighted by Crippen LogP contribution is 2.35. The molecule has 0 aliphatic rings. The average Bonchev–Trinajstić information content (AvgIpc) is 3.42. The van der Waals surface area contributed by atoms with Crippen molar-refractivity contribution in [3.63, 3.8) is 0 Å². The highest BCUT2D eigenvalue weighted by Gasteiger charge is 2.20. The predicted molar refractivity (Wildman–Crippen MR) is 121 cm³/mol. The molecule has 0 fully saturated rings. The number of hydrogen-bond donors (Lipinski definition) is 1. The molecule has 0 saturated heterocycles. The normalized spacial score (nSPS) is 10.8. The zero-order valence-electron chi connectivity index (χ0n) is 16.7. The van der Waals surface area contributed by atoms with Crippen molar-refractivity contribution in [2.45, 2.75) is 26.8 Å². The summed E-state index contributed by atoms with van der Waals surface area (Å²) in [5.74, 6) is -0.0448. The zero-order valence-corrected chi connectivity index (χ0v) is 17.5. The van der Waals surface area contributed by atoms with Gasteiger partial charge < -0.3 is 9.88 Å². The van der Waals surface area contributed by atoms with Gasteiger partial charge in [-0.25, -0.2) is 0 Å². The van der Waals surface area contributed by atoms with Crippen molar-refractivity contribution in [2.24, 2.45) is 0 Å². The Kier molecular flexibility index (Phi) is 5.63. The van der Waals surface area contributed by atoms with Gasteiger partial charge >= 0.3 is 0 Å². The van der Waals surface area contributed by atoms with Gasteiger partial charge in [-0.2, -0.15) is 0 Å². The van der Waals surface area contributed by atoms with Crippen LogP contribution in [-0.4, -0.2) is 10.5 Å². The number of thiophene rings is 1. The van der Waals surface area contributed by atoms with E-state index in [2.05, 4.69) is 73.1 Å². The van der Waals surface area contributed by atoms with Gasteiger partial charge in [0, 0.05) is 29.9 Å². The molecule has 146 valence electrons. The summed E-state index contributed by atoms with van der Waals surface area (Å²) in [6.45, 7) is 4.74. The van der Waals surface area contributed by atoms with Crippen LogP contribution in [0, 0.1) is 6.92 Å². The molecule has 0 aliphatic carbocycles. The van der Waals surface area contributed by atoms with Crippen molar-refractivity contribution in [3.8, 4) is 16.8 Å². The first kappa shape index (κ1) is 19.2. The second kappa shape index (κ2) is 8.50. The van der Waals surface area contributed by atoms with Gasteiger partial charge in [0.05, 0.1) is 5.69 Å². The minimum absolute atomic E-state index is 0.0448. The summed E-state index contributed by atoms with van der Waals surface area (Å²) in [6, 6.07) is 20.8. The van der Waals surface area contributed by atoms with Gasteiger partial charge in [-0.3, -0.25) is 4.79 Å². The van der Waals surface area contributed by atoms with Crippen molar-refractivity contribution in [2.75, 3.05) is 0 Å². The van der Waals surface area contributed by atoms with E-state index in [9.17, 15) is 4.79 Å². The molecule has 4 aromatic rings. The molecule has 2 heterocycles. The van der Waals surface area contributed by atoms with E-state index in [1.54, 1.807) is 0 Å². The molecular formula is C25H24N2OS. The Morgan fingerprint density at radius 2 is 1.62 bits per heavy atom. The zero-order chi connectivity index (χ0) is 20.2. The van der Waals surface area contributed by atoms with Gasteiger partial charge in [-0.15, -0.1) is 11.3 Å². The van der Waals surface area contributed by atoms with Gasteiger partial charge in [-0.1, -0.05) is 61.0 Å². The third kappa shape index (κ3) is 4.17. The third-order valence-corrected chi connectivity index (χ3v) is 6.05. The third-order valence-electron chi connectivity index (χ3n) is 5.08. The molecule has 4 heteroatoms. The van der Waals surface area contributed by atoms with Gasteiger partial charge in [-0.05, 0) is 42.2 Å². The minimum Gasteiger partial charge on any atom is -0.347 e. The van der Waals surface area contributed by atoms with E-state index in [-0.39, 0.29) is 5.91 Å². The van der Waals surface area contributed by atoms with Crippen LogP contribution in [0.3, 0.4) is 0 Å². The molecule has 0 unspecified atom stereocenters. The molecule has 0 bridgehead atoms. The Balaban J connectivity index is 1.62. The van der Waals surface area contributed by atoms with E-state index < -0.39 is 0 Å². The second-order valence-electron chi connectivity index (χ2n) is 7.14. The lowest BCUT2D eigenvalue weighted by Gasteiger charge is -2.11. The molecule has 1 N–H and O–H groups in total. The number of benzene rings is 2. The van der Waals surface area contributed by atoms with E-state index in [1.807, 2.05) is 29.1 Å². The first-order chi connectivity index (χ1) is 14.2. The van der Waals surface area contributed by atoms with E-state index in [4.69, 9.17) is 0 Å². The minimum atomic E-state index is -0.0448. The molecule has 0 spiro atoms. The van der Waals surface area contributed by atoms with E-state index in [0.717, 1.165) is 33.7 Å². The van der Waals surface area contributed by atoms with Crippen LogP contribution in [0.1, 0.15) is 33.3 Å². The molecule has 1 amide bonds. The van der Waals surface area contributed by atoms with Crippen LogP contribution in [0.5, 0.6) is 0 Å². The van der Waals surface area contributed by atoms with Gasteiger partial charge in [0.25, 0.3) is 5.91 Å². The van der Waals surface area contributed by atoms with E-state index in [0.29, 0.717) is 6.54 Å². The number of carbonyl (C=O) groups is 1. The Morgan fingerprint density at radius 3 is 2.28 bits per heavy atom. The lowest BCUT2D eigenvalue weighted by molar-refractivity contribution is 0.0955. The van der Waals surface area contributed by atoms with Crippen molar-refractivity contribution in [1.29, 1.82) is 0 Å². The Morgan fingerprint density at radius 1 is 0.966 bits per heavy atom. The summed E-state index contributed by atoms with van der Waals surface area (Å²) in [5.41, 5.74) is 6.75. The summed E-state index contributed by atoms with van der Waals surface area (Å²) in [5, 5.41) is 5.16. The highest BCUT2D eigenvalue weighted by atomic mass is 32.1. The molecule has 4 rings (SSSR count). The first-order valence-corrected chi connectivity index (χ1v) is 10.7. The lowest BCUT2D eigenvalue weighted by Crippen LogP contribution is -2.23. The van der Waals surface area contributed by atoms with Crippen LogP contribution in [0.4, 0.5) is 0 Å². The number of aryl methyl sites for hydroxylation is 2. The fourth-order valence-electron chi connectivity index (χ4n) is 3.35. The lowest BCUT2D eigenvalue weighted by atomic mass is 10.0. The van der Waals surface area contributed by atoms with Gasteiger partial charge in [0.2, 0.25) is 0 Å². The summed E-state index contributed by atoms with van der Waals surface area (Å²) >= 11 is 1.49. The Bertz CT molecular complexity index is 1090. The van der Waals surface area contributed by atoms with Crippen molar-refractivity contribution >= 4 is 17.2 Å². The average molecular weight is 401 g/mol. The fraction of sp³-hybridized carbons (Fsp3) is 0.160. The molecular weight excluding hydrogens is 376 g/mol. The maximum absolute atomic E-state index is 13.0. The standard InChI is InChI=1S/C25H24N2OS/c1-3-19-8-10-20(11-9-19)16-26-25(28)24-23(27-14-4-5-15-27)22(17-29-24)21-12-6-18(2)7-13-21/h4-15,17H,3,16H2,1-2H3,(H,26,28). The van der Waals surface area contributed by atoms with Gasteiger partial charge in [0.1, 0.15) is 4.88 Å². The van der Waals surface area contributed by atoms with Crippen LogP contribution >= 0.6 is 11.3 Å². The molecule has 0 atom stereocenters. The second-order valence-corrected chi connectivity index (χ2v) is 8.02. The molecule has 29 heavy (non-hydrogen) atoms. The molecule has 0 aliphatic heterocycles. The quantitative estimate of drug-likeness (QED) is 0.423. The van der Waals surface area contributed by atoms with Gasteiger partial charge in [0.15, 0.2) is 0 Å². The van der Waals surface area contributed by atoms with Crippen LogP contribution in [0.25, 0.3) is 16.8 Å². The van der Waals surface area contributed by atoms with Crippen LogP contribution in [-0.2, 0) is 13.0 Å². The molecule has 3 nitrogen and oxygen atoms in total.